The average molecular weight is 694 g/mol. The van der Waals surface area contributed by atoms with Crippen LogP contribution in [0.25, 0.3) is 0 Å². The Morgan fingerprint density at radius 3 is 1.73 bits per heavy atom. The normalized spacial score (nSPS) is 18.0. The number of nitrogens with one attached hydrogen (secondary N) is 1. The summed E-state index contributed by atoms with van der Waals surface area (Å²) in [6.07, 6.45) is -4.86. The summed E-state index contributed by atoms with van der Waals surface area (Å²) in [6, 6.07) is 0. The molecule has 0 saturated heterocycles. The van der Waals surface area contributed by atoms with Gasteiger partial charge in [0, 0.05) is 4.88 Å². The first-order valence-corrected chi connectivity index (χ1v) is 12.9. The highest BCUT2D eigenvalue weighted by Crippen LogP contribution is 2.63. The average Bonchev–Trinajstić information content (AvgIpc) is 3.24. The number of nitrogens with two attached hydrogens (primary N) is 1. The molecule has 3 N–H and O–H groups in total. The Morgan fingerprint density at radius 2 is 1.30 bits per heavy atom. The van der Waals surface area contributed by atoms with Gasteiger partial charge in [-0.25, -0.2) is 8.78 Å². The van der Waals surface area contributed by atoms with E-state index < -0.39 is 70.3 Å². The van der Waals surface area contributed by atoms with Crippen LogP contribution in [-0.4, -0.2) is 59.7 Å². The summed E-state index contributed by atoms with van der Waals surface area (Å²) in [5.74, 6) is -62.0. The van der Waals surface area contributed by atoms with E-state index in [4.69, 9.17) is 5.73 Å². The zero-order valence-corrected chi connectivity index (χ0v) is 23.1. The Labute approximate surface area is 241 Å². The van der Waals surface area contributed by atoms with Gasteiger partial charge in [0.25, 0.3) is 5.91 Å². The van der Waals surface area contributed by atoms with Crippen molar-refractivity contribution in [3.8, 4) is 0 Å². The third-order valence-electron chi connectivity index (χ3n) is 7.70. The van der Waals surface area contributed by atoms with E-state index in [-0.39, 0.29) is 46.0 Å². The zero-order valence-electron chi connectivity index (χ0n) is 22.3. The van der Waals surface area contributed by atoms with Gasteiger partial charge in [-0.05, 0) is 36.2 Å². The fourth-order valence-corrected chi connectivity index (χ4v) is 5.68. The summed E-state index contributed by atoms with van der Waals surface area (Å²) < 4.78 is 218. The first-order valence-electron chi connectivity index (χ1n) is 12.1. The number of carbonyl (C=O) groups excluding carboxylic acids is 2. The van der Waals surface area contributed by atoms with Gasteiger partial charge in [0.1, 0.15) is 5.00 Å². The maximum atomic E-state index is 14.4. The molecule has 0 aliphatic heterocycles. The molecule has 0 bridgehead atoms. The summed E-state index contributed by atoms with van der Waals surface area (Å²) in [7, 11) is 0. The fourth-order valence-electron chi connectivity index (χ4n) is 4.35. The third kappa shape index (κ3) is 5.27. The van der Waals surface area contributed by atoms with Gasteiger partial charge in [-0.1, -0.05) is 27.2 Å². The number of halogens is 16. The molecular formula is C23H22F16N2O2S. The maximum Gasteiger partial charge on any atom is 0.393 e. The van der Waals surface area contributed by atoms with Crippen molar-refractivity contribution in [3.05, 3.63) is 16.0 Å². The quantitative estimate of drug-likeness (QED) is 0.218. The second-order valence-corrected chi connectivity index (χ2v) is 11.8. The third-order valence-corrected chi connectivity index (χ3v) is 8.87. The molecule has 1 aromatic rings. The molecule has 1 heterocycles. The highest BCUT2D eigenvalue weighted by Gasteiger charge is 2.94. The minimum atomic E-state index is -8.63. The maximum absolute atomic E-state index is 14.4. The monoisotopic (exact) mass is 694 g/mol. The molecule has 0 spiro atoms. The van der Waals surface area contributed by atoms with Crippen molar-refractivity contribution in [2.45, 2.75) is 94.3 Å². The van der Waals surface area contributed by atoms with Crippen LogP contribution in [0.15, 0.2) is 0 Å². The second kappa shape index (κ2) is 11.1. The number of rotatable bonds is 12. The Morgan fingerprint density at radius 1 is 0.841 bits per heavy atom. The summed E-state index contributed by atoms with van der Waals surface area (Å²) in [4.78, 5) is 24.3. The Kier molecular flexibility index (Phi) is 9.51. The molecule has 0 saturated carbocycles. The summed E-state index contributed by atoms with van der Waals surface area (Å²) >= 11 is 0.282. The Bertz CT molecular complexity index is 1270. The summed E-state index contributed by atoms with van der Waals surface area (Å²) in [5.41, 5.74) is 4.09. The highest BCUT2D eigenvalue weighted by atomic mass is 32.1. The van der Waals surface area contributed by atoms with Crippen molar-refractivity contribution in [3.63, 3.8) is 0 Å². The number of fused-ring (bicyclic) bond motifs is 1. The molecule has 0 aromatic carbocycles. The SMILES string of the molecule is CCC(C)(C)[C@@H]1CCc2c(sc(NC(=O)C(F)(F)C(F)(F)C(F)(F)C(F)(F)C(F)(F)C(F)(F)C(F)(F)C(F)F)c2C(N)=O)C1. The lowest BCUT2D eigenvalue weighted by Gasteiger charge is -2.42. The molecule has 0 fully saturated rings. The van der Waals surface area contributed by atoms with Crippen molar-refractivity contribution in [1.29, 1.82) is 0 Å². The molecule has 1 aliphatic rings. The zero-order chi connectivity index (χ0) is 34.9. The Hall–Kier alpha value is -2.48. The number of anilines is 1. The topological polar surface area (TPSA) is 72.2 Å². The number of primary amides is 1. The smallest absolute Gasteiger partial charge is 0.365 e. The lowest BCUT2D eigenvalue weighted by Crippen LogP contribution is -2.74. The minimum absolute atomic E-state index is 0.0114. The standard InChI is InChI=1S/C23H22F16N2O2S/c1-4-16(2,3)8-5-6-9-10(7-8)44-13(11(9)12(40)42)41-15(43)18(28,29)20(32,33)22(36,37)23(38,39)21(34,35)19(30,31)17(26,27)14(24)25/h8,14H,4-7H2,1-3H3,(H2,40,42)(H,41,43)/t8-/m1/s1. The molecule has 2 amide bonds. The number of hydrogen-bond acceptors (Lipinski definition) is 3. The van der Waals surface area contributed by atoms with Crippen molar-refractivity contribution >= 4 is 28.2 Å². The number of thiophene rings is 1. The molecule has 0 unspecified atom stereocenters. The Balaban J connectivity index is 2.55. The molecule has 1 atom stereocenters. The minimum Gasteiger partial charge on any atom is -0.365 e. The van der Waals surface area contributed by atoms with E-state index in [0.717, 1.165) is 5.32 Å². The molecule has 254 valence electrons. The van der Waals surface area contributed by atoms with Gasteiger partial charge in [0.15, 0.2) is 0 Å². The molecule has 1 aromatic heterocycles. The van der Waals surface area contributed by atoms with Crippen LogP contribution in [0.5, 0.6) is 0 Å². The van der Waals surface area contributed by atoms with E-state index in [2.05, 4.69) is 0 Å². The van der Waals surface area contributed by atoms with Gasteiger partial charge in [-0.15, -0.1) is 11.3 Å². The van der Waals surface area contributed by atoms with Crippen LogP contribution in [0.2, 0.25) is 0 Å². The van der Waals surface area contributed by atoms with E-state index in [1.54, 1.807) is 0 Å². The number of carbonyl (C=O) groups is 2. The molecule has 4 nitrogen and oxygen atoms in total. The first kappa shape index (κ1) is 37.7. The van der Waals surface area contributed by atoms with Crippen molar-refractivity contribution in [2.24, 2.45) is 17.1 Å². The van der Waals surface area contributed by atoms with Crippen LogP contribution in [-0.2, 0) is 17.6 Å². The van der Waals surface area contributed by atoms with E-state index in [1.807, 2.05) is 20.8 Å². The lowest BCUT2D eigenvalue weighted by atomic mass is 9.69. The van der Waals surface area contributed by atoms with Gasteiger partial charge < -0.3 is 11.1 Å². The van der Waals surface area contributed by atoms with Gasteiger partial charge in [0.2, 0.25) is 0 Å². The number of amides is 2. The van der Waals surface area contributed by atoms with E-state index >= 15 is 0 Å². The largest absolute Gasteiger partial charge is 0.393 e. The number of hydrogen-bond donors (Lipinski definition) is 2. The number of alkyl halides is 16. The van der Waals surface area contributed by atoms with Crippen LogP contribution in [0, 0.1) is 11.3 Å². The summed E-state index contributed by atoms with van der Waals surface area (Å²) in [6.45, 7) is 5.52. The first-order chi connectivity index (χ1) is 19.4. The van der Waals surface area contributed by atoms with Crippen LogP contribution >= 0.6 is 11.3 Å². The van der Waals surface area contributed by atoms with Crippen LogP contribution < -0.4 is 11.1 Å². The van der Waals surface area contributed by atoms with E-state index in [9.17, 15) is 79.8 Å². The predicted molar refractivity (Wildman–Crippen MR) is 122 cm³/mol. The van der Waals surface area contributed by atoms with Crippen molar-refractivity contribution < 1.29 is 79.8 Å². The van der Waals surface area contributed by atoms with Crippen LogP contribution in [0.3, 0.4) is 0 Å². The molecule has 2 rings (SSSR count). The van der Waals surface area contributed by atoms with Crippen LogP contribution in [0.1, 0.15) is 54.4 Å². The highest BCUT2D eigenvalue weighted by molar-refractivity contribution is 7.17. The molecular weight excluding hydrogens is 672 g/mol. The predicted octanol–water partition coefficient (Wildman–Crippen LogP) is 8.04. The van der Waals surface area contributed by atoms with E-state index in [1.165, 1.54) is 0 Å². The molecule has 44 heavy (non-hydrogen) atoms. The van der Waals surface area contributed by atoms with Gasteiger partial charge in [-0.3, -0.25) is 9.59 Å². The van der Waals surface area contributed by atoms with Gasteiger partial charge >= 0.3 is 53.8 Å². The molecule has 1 aliphatic carbocycles. The second-order valence-electron chi connectivity index (χ2n) is 10.7. The van der Waals surface area contributed by atoms with Gasteiger partial charge in [-0.2, -0.15) is 61.5 Å². The van der Waals surface area contributed by atoms with Crippen molar-refractivity contribution in [1.82, 2.24) is 0 Å². The fraction of sp³-hybridized carbons (Fsp3) is 0.739. The molecule has 21 heteroatoms. The van der Waals surface area contributed by atoms with E-state index in [0.29, 0.717) is 12.8 Å². The summed E-state index contributed by atoms with van der Waals surface area (Å²) in [5, 5.41) is -0.158. The van der Waals surface area contributed by atoms with Crippen molar-refractivity contribution in [2.75, 3.05) is 5.32 Å². The lowest BCUT2D eigenvalue weighted by molar-refractivity contribution is -0.443. The van der Waals surface area contributed by atoms with Crippen LogP contribution in [0.4, 0.5) is 75.2 Å². The van der Waals surface area contributed by atoms with Gasteiger partial charge in [0.05, 0.1) is 5.56 Å². The molecule has 0 radical (unpaired) electrons.